The minimum Gasteiger partial charge on any atom is -0.457 e. The Balaban J connectivity index is 2.09. The molecule has 0 aliphatic carbocycles. The summed E-state index contributed by atoms with van der Waals surface area (Å²) in [6, 6.07) is 4.92. The van der Waals surface area contributed by atoms with E-state index in [-0.39, 0.29) is 18.1 Å². The Morgan fingerprint density at radius 3 is 2.79 bits per heavy atom. The van der Waals surface area contributed by atoms with Crippen molar-refractivity contribution in [3.63, 3.8) is 0 Å². The summed E-state index contributed by atoms with van der Waals surface area (Å²) in [5, 5.41) is 4.52. The number of nitrogen functional groups attached to an aromatic ring is 1. The van der Waals surface area contributed by atoms with E-state index in [0.717, 1.165) is 0 Å². The SMILES string of the molecule is Cc1noc(N)c1C(=O)OCc1ccc(Cl)cc1Cl. The Bertz CT molecular complexity index is 606. The van der Waals surface area contributed by atoms with Gasteiger partial charge in [-0.1, -0.05) is 34.4 Å². The highest BCUT2D eigenvalue weighted by Gasteiger charge is 2.20. The molecule has 0 bridgehead atoms. The molecule has 1 aromatic carbocycles. The van der Waals surface area contributed by atoms with E-state index in [1.54, 1.807) is 25.1 Å². The lowest BCUT2D eigenvalue weighted by Crippen LogP contribution is -2.08. The lowest BCUT2D eigenvalue weighted by molar-refractivity contribution is 0.0473. The number of halogens is 2. The van der Waals surface area contributed by atoms with Crippen LogP contribution >= 0.6 is 23.2 Å². The number of ether oxygens (including phenoxy) is 1. The highest BCUT2D eigenvalue weighted by atomic mass is 35.5. The number of aromatic nitrogens is 1. The molecule has 100 valence electrons. The van der Waals surface area contributed by atoms with Crippen molar-refractivity contribution in [1.29, 1.82) is 0 Å². The second-order valence-corrected chi connectivity index (χ2v) is 4.66. The van der Waals surface area contributed by atoms with Gasteiger partial charge in [-0.2, -0.15) is 0 Å². The number of hydrogen-bond acceptors (Lipinski definition) is 5. The van der Waals surface area contributed by atoms with Gasteiger partial charge in [-0.3, -0.25) is 0 Å². The number of benzene rings is 1. The van der Waals surface area contributed by atoms with Gasteiger partial charge in [-0.05, 0) is 19.1 Å². The van der Waals surface area contributed by atoms with Crippen LogP contribution in [0, 0.1) is 6.92 Å². The molecule has 1 aromatic heterocycles. The van der Waals surface area contributed by atoms with Crippen LogP contribution in [0.5, 0.6) is 0 Å². The molecular weight excluding hydrogens is 291 g/mol. The van der Waals surface area contributed by atoms with E-state index in [1.165, 1.54) is 0 Å². The lowest BCUT2D eigenvalue weighted by Gasteiger charge is -2.06. The van der Waals surface area contributed by atoms with E-state index in [1.807, 2.05) is 0 Å². The van der Waals surface area contributed by atoms with Crippen LogP contribution in [0.1, 0.15) is 21.6 Å². The lowest BCUT2D eigenvalue weighted by atomic mass is 10.2. The van der Waals surface area contributed by atoms with Crippen LogP contribution in [0.4, 0.5) is 5.88 Å². The van der Waals surface area contributed by atoms with Gasteiger partial charge >= 0.3 is 5.97 Å². The molecule has 7 heteroatoms. The molecule has 0 saturated heterocycles. The van der Waals surface area contributed by atoms with E-state index in [2.05, 4.69) is 5.16 Å². The molecule has 2 aromatic rings. The molecule has 19 heavy (non-hydrogen) atoms. The topological polar surface area (TPSA) is 78.4 Å². The largest absolute Gasteiger partial charge is 0.457 e. The van der Waals surface area contributed by atoms with E-state index in [9.17, 15) is 4.79 Å². The second-order valence-electron chi connectivity index (χ2n) is 3.82. The van der Waals surface area contributed by atoms with Crippen LogP contribution < -0.4 is 5.73 Å². The molecule has 0 aliphatic rings. The van der Waals surface area contributed by atoms with Crippen molar-refractivity contribution in [2.24, 2.45) is 0 Å². The van der Waals surface area contributed by atoms with Gasteiger partial charge in [0.2, 0.25) is 5.88 Å². The molecule has 1 heterocycles. The monoisotopic (exact) mass is 300 g/mol. The minimum atomic E-state index is -0.609. The van der Waals surface area contributed by atoms with Gasteiger partial charge in [0, 0.05) is 15.6 Å². The van der Waals surface area contributed by atoms with Crippen LogP contribution in [0.25, 0.3) is 0 Å². The van der Waals surface area contributed by atoms with Crippen LogP contribution in [0.3, 0.4) is 0 Å². The van der Waals surface area contributed by atoms with Gasteiger partial charge in [0.15, 0.2) is 0 Å². The molecule has 0 unspecified atom stereocenters. The first-order valence-electron chi connectivity index (χ1n) is 5.32. The maximum absolute atomic E-state index is 11.8. The van der Waals surface area contributed by atoms with Crippen LogP contribution in [0.2, 0.25) is 10.0 Å². The summed E-state index contributed by atoms with van der Waals surface area (Å²) >= 11 is 11.7. The fourth-order valence-electron chi connectivity index (χ4n) is 1.49. The molecule has 5 nitrogen and oxygen atoms in total. The zero-order valence-electron chi connectivity index (χ0n) is 9.94. The van der Waals surface area contributed by atoms with Crippen LogP contribution in [-0.2, 0) is 11.3 Å². The number of carbonyl (C=O) groups is 1. The summed E-state index contributed by atoms with van der Waals surface area (Å²) in [6.45, 7) is 1.62. The number of rotatable bonds is 3. The summed E-state index contributed by atoms with van der Waals surface area (Å²) in [4.78, 5) is 11.8. The van der Waals surface area contributed by atoms with Crippen molar-refractivity contribution in [2.45, 2.75) is 13.5 Å². The highest BCUT2D eigenvalue weighted by Crippen LogP contribution is 2.23. The molecule has 0 amide bonds. The summed E-state index contributed by atoms with van der Waals surface area (Å²) in [7, 11) is 0. The van der Waals surface area contributed by atoms with Gasteiger partial charge in [0.25, 0.3) is 0 Å². The van der Waals surface area contributed by atoms with Crippen LogP contribution in [-0.4, -0.2) is 11.1 Å². The molecule has 0 atom stereocenters. The molecule has 0 saturated carbocycles. The molecule has 2 N–H and O–H groups in total. The Labute approximate surface area is 119 Å². The fraction of sp³-hybridized carbons (Fsp3) is 0.167. The fourth-order valence-corrected chi connectivity index (χ4v) is 1.95. The molecule has 0 fully saturated rings. The normalized spacial score (nSPS) is 10.5. The van der Waals surface area contributed by atoms with Gasteiger partial charge in [-0.15, -0.1) is 0 Å². The predicted molar refractivity (Wildman–Crippen MR) is 71.2 cm³/mol. The van der Waals surface area contributed by atoms with E-state index in [4.69, 9.17) is 38.2 Å². The van der Waals surface area contributed by atoms with Crippen molar-refractivity contribution in [3.05, 3.63) is 45.1 Å². The molecule has 0 radical (unpaired) electrons. The molecule has 0 spiro atoms. The minimum absolute atomic E-state index is 0.0128. The zero-order valence-corrected chi connectivity index (χ0v) is 11.5. The number of nitrogens with two attached hydrogens (primary N) is 1. The Morgan fingerprint density at radius 1 is 1.47 bits per heavy atom. The molecular formula is C12H10Cl2N2O3. The van der Waals surface area contributed by atoms with Crippen molar-refractivity contribution < 1.29 is 14.1 Å². The first kappa shape index (κ1) is 13.7. The maximum Gasteiger partial charge on any atom is 0.346 e. The van der Waals surface area contributed by atoms with E-state index >= 15 is 0 Å². The first-order chi connectivity index (χ1) is 8.99. The van der Waals surface area contributed by atoms with Crippen LogP contribution in [0.15, 0.2) is 22.7 Å². The Morgan fingerprint density at radius 2 is 2.21 bits per heavy atom. The van der Waals surface area contributed by atoms with Gasteiger partial charge < -0.3 is 15.0 Å². The summed E-state index contributed by atoms with van der Waals surface area (Å²) in [5.74, 6) is -0.674. The van der Waals surface area contributed by atoms with Gasteiger partial charge in [-0.25, -0.2) is 4.79 Å². The number of anilines is 1. The average molecular weight is 301 g/mol. The van der Waals surface area contributed by atoms with Crippen molar-refractivity contribution >= 4 is 35.1 Å². The third kappa shape index (κ3) is 3.00. The second kappa shape index (κ2) is 5.50. The molecule has 0 aliphatic heterocycles. The zero-order chi connectivity index (χ0) is 14.0. The summed E-state index contributed by atoms with van der Waals surface area (Å²) < 4.78 is 9.80. The van der Waals surface area contributed by atoms with E-state index < -0.39 is 5.97 Å². The number of nitrogens with zero attached hydrogens (tertiary/aromatic N) is 1. The summed E-state index contributed by atoms with van der Waals surface area (Å²) in [6.07, 6.45) is 0. The predicted octanol–water partition coefficient (Wildman–Crippen LogP) is 3.23. The molecule has 2 rings (SSSR count). The maximum atomic E-state index is 11.8. The van der Waals surface area contributed by atoms with Crippen molar-refractivity contribution in [3.8, 4) is 0 Å². The average Bonchev–Trinajstić information content (AvgIpc) is 2.68. The van der Waals surface area contributed by atoms with Crippen molar-refractivity contribution in [2.75, 3.05) is 5.73 Å². The van der Waals surface area contributed by atoms with Gasteiger partial charge in [0.05, 0.1) is 5.69 Å². The number of aryl methyl sites for hydroxylation is 1. The Kier molecular flexibility index (Phi) is 3.97. The number of esters is 1. The quantitative estimate of drug-likeness (QED) is 0.880. The van der Waals surface area contributed by atoms with Gasteiger partial charge in [0.1, 0.15) is 12.2 Å². The summed E-state index contributed by atoms with van der Waals surface area (Å²) in [5.41, 5.74) is 6.64. The third-order valence-corrected chi connectivity index (χ3v) is 3.05. The number of hydrogen-bond donors (Lipinski definition) is 1. The number of carbonyl (C=O) groups excluding carboxylic acids is 1. The standard InChI is InChI=1S/C12H10Cl2N2O3/c1-6-10(11(15)19-16-6)12(17)18-5-7-2-3-8(13)4-9(7)14/h2-4H,5,15H2,1H3. The third-order valence-electron chi connectivity index (χ3n) is 2.47. The first-order valence-corrected chi connectivity index (χ1v) is 6.07. The Hall–Kier alpha value is -1.72. The van der Waals surface area contributed by atoms with E-state index in [0.29, 0.717) is 21.3 Å². The smallest absolute Gasteiger partial charge is 0.346 e. The highest BCUT2D eigenvalue weighted by molar-refractivity contribution is 6.35. The van der Waals surface area contributed by atoms with Crippen molar-refractivity contribution in [1.82, 2.24) is 5.16 Å².